The van der Waals surface area contributed by atoms with Gasteiger partial charge in [0, 0.05) is 23.9 Å². The van der Waals surface area contributed by atoms with E-state index < -0.39 is 0 Å². The van der Waals surface area contributed by atoms with Crippen LogP contribution >= 0.6 is 11.3 Å². The van der Waals surface area contributed by atoms with Gasteiger partial charge in [-0.3, -0.25) is 0 Å². The molecule has 1 aliphatic heterocycles. The third kappa shape index (κ3) is 2.62. The van der Waals surface area contributed by atoms with E-state index in [0.717, 1.165) is 26.1 Å². The molecule has 1 aromatic heterocycles. The van der Waals surface area contributed by atoms with Crippen LogP contribution < -0.4 is 5.73 Å². The van der Waals surface area contributed by atoms with E-state index in [0.29, 0.717) is 18.4 Å². The Morgan fingerprint density at radius 2 is 2.38 bits per heavy atom. The summed E-state index contributed by atoms with van der Waals surface area (Å²) in [6, 6.07) is 0. The van der Waals surface area contributed by atoms with Gasteiger partial charge in [-0.25, -0.2) is 4.98 Å². The van der Waals surface area contributed by atoms with E-state index >= 15 is 0 Å². The molecule has 0 aliphatic carbocycles. The first-order valence-corrected chi connectivity index (χ1v) is 6.78. The Kier molecular flexibility index (Phi) is 3.95. The van der Waals surface area contributed by atoms with Crippen molar-refractivity contribution in [3.05, 3.63) is 15.6 Å². The van der Waals surface area contributed by atoms with Gasteiger partial charge in [-0.2, -0.15) is 0 Å². The van der Waals surface area contributed by atoms with Crippen LogP contribution in [0.5, 0.6) is 0 Å². The number of aromatic nitrogens is 1. The van der Waals surface area contributed by atoms with Crippen molar-refractivity contribution in [1.82, 2.24) is 4.98 Å². The molecule has 1 fully saturated rings. The molecule has 0 spiro atoms. The molecule has 16 heavy (non-hydrogen) atoms. The summed E-state index contributed by atoms with van der Waals surface area (Å²) in [4.78, 5) is 6.02. The van der Waals surface area contributed by atoms with E-state index in [-0.39, 0.29) is 0 Å². The number of hydrogen-bond acceptors (Lipinski definition) is 4. The molecule has 1 atom stereocenters. The van der Waals surface area contributed by atoms with Crippen LogP contribution in [0.3, 0.4) is 0 Å². The van der Waals surface area contributed by atoms with E-state index in [9.17, 15) is 0 Å². The molecule has 3 nitrogen and oxygen atoms in total. The largest absolute Gasteiger partial charge is 0.381 e. The molecule has 2 rings (SSSR count). The van der Waals surface area contributed by atoms with Gasteiger partial charge < -0.3 is 10.5 Å². The Hall–Kier alpha value is -0.450. The van der Waals surface area contributed by atoms with Crippen LogP contribution in [0, 0.1) is 5.92 Å². The second kappa shape index (κ2) is 5.25. The van der Waals surface area contributed by atoms with Crippen molar-refractivity contribution in [2.24, 2.45) is 11.7 Å². The average molecular weight is 240 g/mol. The van der Waals surface area contributed by atoms with E-state index in [1.54, 1.807) is 11.3 Å². The molecule has 0 amide bonds. The normalized spacial score (nSPS) is 20.9. The number of hydrogen-bond donors (Lipinski definition) is 1. The quantitative estimate of drug-likeness (QED) is 0.878. The van der Waals surface area contributed by atoms with Gasteiger partial charge in [0.2, 0.25) is 0 Å². The summed E-state index contributed by atoms with van der Waals surface area (Å²) >= 11 is 1.78. The lowest BCUT2D eigenvalue weighted by Gasteiger charge is -2.03. The predicted molar refractivity (Wildman–Crippen MR) is 66.7 cm³/mol. The molecular formula is C12H20N2OS. The fourth-order valence-electron chi connectivity index (χ4n) is 2.01. The smallest absolute Gasteiger partial charge is 0.0986 e. The van der Waals surface area contributed by atoms with Crippen molar-refractivity contribution in [1.29, 1.82) is 0 Å². The van der Waals surface area contributed by atoms with E-state index in [2.05, 4.69) is 13.8 Å². The summed E-state index contributed by atoms with van der Waals surface area (Å²) in [5.74, 6) is 1.15. The molecule has 0 bridgehead atoms. The van der Waals surface area contributed by atoms with E-state index in [4.69, 9.17) is 15.5 Å². The minimum atomic E-state index is 0.510. The van der Waals surface area contributed by atoms with Crippen LogP contribution in [0.2, 0.25) is 0 Å². The molecule has 2 N–H and O–H groups in total. The first-order valence-electron chi connectivity index (χ1n) is 5.97. The minimum Gasteiger partial charge on any atom is -0.381 e. The molecule has 1 unspecified atom stereocenters. The molecule has 0 saturated carbocycles. The molecule has 1 saturated heterocycles. The number of nitrogens with two attached hydrogens (primary N) is 1. The molecule has 90 valence electrons. The van der Waals surface area contributed by atoms with Gasteiger partial charge >= 0.3 is 0 Å². The maximum Gasteiger partial charge on any atom is 0.0986 e. The first kappa shape index (κ1) is 12.0. The van der Waals surface area contributed by atoms with Gasteiger partial charge in [-0.15, -0.1) is 11.3 Å². The summed E-state index contributed by atoms with van der Waals surface area (Å²) < 4.78 is 5.41. The lowest BCUT2D eigenvalue weighted by molar-refractivity contribution is 0.194. The van der Waals surface area contributed by atoms with Crippen LogP contribution in [-0.4, -0.2) is 18.2 Å². The lowest BCUT2D eigenvalue weighted by Crippen LogP contribution is -2.02. The van der Waals surface area contributed by atoms with Crippen LogP contribution in [-0.2, 0) is 17.7 Å². The number of thiazole rings is 1. The van der Waals surface area contributed by atoms with Crippen molar-refractivity contribution in [3.8, 4) is 0 Å². The van der Waals surface area contributed by atoms with Crippen LogP contribution in [0.15, 0.2) is 0 Å². The van der Waals surface area contributed by atoms with E-state index in [1.165, 1.54) is 15.6 Å². The predicted octanol–water partition coefficient (Wildman–Crippen LogP) is 2.30. The number of ether oxygens (including phenoxy) is 1. The summed E-state index contributed by atoms with van der Waals surface area (Å²) in [5, 5.41) is 1.23. The van der Waals surface area contributed by atoms with Gasteiger partial charge in [-0.05, 0) is 18.8 Å². The molecule has 4 heteroatoms. The van der Waals surface area contributed by atoms with Gasteiger partial charge in [-0.1, -0.05) is 13.8 Å². The van der Waals surface area contributed by atoms with Crippen molar-refractivity contribution in [2.45, 2.75) is 39.2 Å². The number of rotatable bonds is 4. The van der Waals surface area contributed by atoms with Crippen molar-refractivity contribution in [2.75, 3.05) is 13.2 Å². The first-order chi connectivity index (χ1) is 7.70. The fourth-order valence-corrected chi connectivity index (χ4v) is 3.10. The minimum absolute atomic E-state index is 0.510. The Bertz CT molecular complexity index is 343. The van der Waals surface area contributed by atoms with Gasteiger partial charge in [0.05, 0.1) is 17.3 Å². The third-order valence-electron chi connectivity index (χ3n) is 2.86. The summed E-state index contributed by atoms with van der Waals surface area (Å²) in [6.07, 6.45) is 2.15. The van der Waals surface area contributed by atoms with E-state index in [1.807, 2.05) is 0 Å². The highest BCUT2D eigenvalue weighted by Gasteiger charge is 2.23. The molecule has 2 heterocycles. The molecule has 1 aromatic rings. The zero-order valence-corrected chi connectivity index (χ0v) is 10.8. The Morgan fingerprint density at radius 1 is 1.56 bits per heavy atom. The highest BCUT2D eigenvalue weighted by Crippen LogP contribution is 2.31. The van der Waals surface area contributed by atoms with Crippen molar-refractivity contribution < 1.29 is 4.74 Å². The van der Waals surface area contributed by atoms with Crippen molar-refractivity contribution in [3.63, 3.8) is 0 Å². The van der Waals surface area contributed by atoms with Gasteiger partial charge in [0.25, 0.3) is 0 Å². The second-order valence-corrected chi connectivity index (χ2v) is 5.90. The highest BCUT2D eigenvalue weighted by molar-refractivity contribution is 7.11. The Balaban J connectivity index is 2.17. The third-order valence-corrected chi connectivity index (χ3v) is 4.14. The fraction of sp³-hybridized carbons (Fsp3) is 0.750. The SMILES string of the molecule is CC(C)Cc1nc(C2CCOC2)sc1CN. The highest BCUT2D eigenvalue weighted by atomic mass is 32.1. The summed E-state index contributed by atoms with van der Waals surface area (Å²) in [7, 11) is 0. The van der Waals surface area contributed by atoms with Gasteiger partial charge in [0.1, 0.15) is 0 Å². The molecule has 1 aliphatic rings. The topological polar surface area (TPSA) is 48.1 Å². The molecule has 0 aromatic carbocycles. The second-order valence-electron chi connectivity index (χ2n) is 4.78. The lowest BCUT2D eigenvalue weighted by atomic mass is 10.1. The standard InChI is InChI=1S/C12H20N2OS/c1-8(2)5-10-11(6-13)16-12(14-10)9-3-4-15-7-9/h8-9H,3-7,13H2,1-2H3. The molecular weight excluding hydrogens is 220 g/mol. The average Bonchev–Trinajstić information content (AvgIpc) is 2.83. The monoisotopic (exact) mass is 240 g/mol. The summed E-state index contributed by atoms with van der Waals surface area (Å²) in [6.45, 7) is 6.77. The maximum absolute atomic E-state index is 5.78. The van der Waals surface area contributed by atoms with Crippen LogP contribution in [0.25, 0.3) is 0 Å². The zero-order valence-electron chi connectivity index (χ0n) is 10.0. The Labute approximate surface area is 101 Å². The van der Waals surface area contributed by atoms with Crippen LogP contribution in [0.4, 0.5) is 0 Å². The molecule has 0 radical (unpaired) electrons. The van der Waals surface area contributed by atoms with Gasteiger partial charge in [0.15, 0.2) is 0 Å². The number of nitrogens with zero attached hydrogens (tertiary/aromatic N) is 1. The van der Waals surface area contributed by atoms with Crippen molar-refractivity contribution >= 4 is 11.3 Å². The summed E-state index contributed by atoms with van der Waals surface area (Å²) in [5.41, 5.74) is 6.99. The van der Waals surface area contributed by atoms with Crippen LogP contribution in [0.1, 0.15) is 41.8 Å². The zero-order chi connectivity index (χ0) is 11.5. The Morgan fingerprint density at radius 3 is 2.94 bits per heavy atom. The maximum atomic E-state index is 5.78.